The highest BCUT2D eigenvalue weighted by Gasteiger charge is 2.26. The molecule has 2 nitrogen and oxygen atoms in total. The van der Waals surface area contributed by atoms with Gasteiger partial charge in [0.05, 0.1) is 12.1 Å². The van der Waals surface area contributed by atoms with Gasteiger partial charge in [-0.25, -0.2) is 0 Å². The summed E-state index contributed by atoms with van der Waals surface area (Å²) in [7, 11) is 0. The molecule has 2 heterocycles. The lowest BCUT2D eigenvalue weighted by atomic mass is 10.1. The van der Waals surface area contributed by atoms with Gasteiger partial charge in [0.25, 0.3) is 0 Å². The zero-order chi connectivity index (χ0) is 11.0. The molecule has 0 fully saturated rings. The minimum Gasteiger partial charge on any atom is -0.352 e. The number of rotatable bonds is 1. The molecule has 1 aliphatic heterocycles. The summed E-state index contributed by atoms with van der Waals surface area (Å²) in [5.41, 5.74) is 0.887. The quantitative estimate of drug-likeness (QED) is 0.663. The number of benzene rings is 1. The Morgan fingerprint density at radius 1 is 1.25 bits per heavy atom. The summed E-state index contributed by atoms with van der Waals surface area (Å²) in [6, 6.07) is 10.5. The Labute approximate surface area is 95.1 Å². The van der Waals surface area contributed by atoms with E-state index in [-0.39, 0.29) is 5.72 Å². The summed E-state index contributed by atoms with van der Waals surface area (Å²) in [5.74, 6) is 0. The molecule has 0 saturated heterocycles. The first-order valence-electron chi connectivity index (χ1n) is 5.68. The van der Waals surface area contributed by atoms with Crippen molar-refractivity contribution in [3.63, 3.8) is 0 Å². The van der Waals surface area contributed by atoms with E-state index in [9.17, 15) is 0 Å². The van der Waals surface area contributed by atoms with Gasteiger partial charge in [-0.05, 0) is 36.9 Å². The van der Waals surface area contributed by atoms with E-state index < -0.39 is 0 Å². The van der Waals surface area contributed by atoms with Gasteiger partial charge < -0.3 is 9.30 Å². The summed E-state index contributed by atoms with van der Waals surface area (Å²) in [5, 5.41) is 1.26. The third-order valence-corrected chi connectivity index (χ3v) is 3.18. The third kappa shape index (κ3) is 1.38. The molecule has 0 N–H and O–H groups in total. The van der Waals surface area contributed by atoms with Crippen LogP contribution in [0, 0.1) is 0 Å². The van der Waals surface area contributed by atoms with Gasteiger partial charge in [0, 0.05) is 6.20 Å². The van der Waals surface area contributed by atoms with Gasteiger partial charge in [-0.2, -0.15) is 0 Å². The van der Waals surface area contributed by atoms with E-state index in [0.29, 0.717) is 0 Å². The SMILES string of the molecule is C[C@@]1(n2ccc3ccccc32)C=CCCO1. The van der Waals surface area contributed by atoms with E-state index in [2.05, 4.69) is 60.2 Å². The van der Waals surface area contributed by atoms with Crippen molar-refractivity contribution < 1.29 is 4.74 Å². The van der Waals surface area contributed by atoms with Gasteiger partial charge in [-0.3, -0.25) is 0 Å². The fourth-order valence-corrected chi connectivity index (χ4v) is 2.30. The van der Waals surface area contributed by atoms with Crippen LogP contribution >= 0.6 is 0 Å². The maximum absolute atomic E-state index is 5.89. The zero-order valence-corrected chi connectivity index (χ0v) is 9.39. The Balaban J connectivity index is 2.18. The molecule has 2 aromatic rings. The zero-order valence-electron chi connectivity index (χ0n) is 9.39. The van der Waals surface area contributed by atoms with Crippen molar-refractivity contribution in [2.45, 2.75) is 19.1 Å². The van der Waals surface area contributed by atoms with E-state index in [1.165, 1.54) is 10.9 Å². The molecule has 0 radical (unpaired) electrons. The van der Waals surface area contributed by atoms with E-state index in [1.54, 1.807) is 0 Å². The highest BCUT2D eigenvalue weighted by Crippen LogP contribution is 2.29. The highest BCUT2D eigenvalue weighted by molar-refractivity contribution is 5.80. The predicted molar refractivity (Wildman–Crippen MR) is 65.3 cm³/mol. The second kappa shape index (κ2) is 3.49. The lowest BCUT2D eigenvalue weighted by Gasteiger charge is -2.32. The van der Waals surface area contributed by atoms with Crippen molar-refractivity contribution in [2.24, 2.45) is 0 Å². The predicted octanol–water partition coefficient (Wildman–Crippen LogP) is 3.29. The smallest absolute Gasteiger partial charge is 0.161 e. The summed E-state index contributed by atoms with van der Waals surface area (Å²) in [6.07, 6.45) is 7.44. The molecule has 0 bridgehead atoms. The van der Waals surface area contributed by atoms with Gasteiger partial charge >= 0.3 is 0 Å². The van der Waals surface area contributed by atoms with Crippen LogP contribution in [-0.2, 0) is 10.5 Å². The highest BCUT2D eigenvalue weighted by atomic mass is 16.5. The van der Waals surface area contributed by atoms with Crippen LogP contribution in [0.2, 0.25) is 0 Å². The maximum atomic E-state index is 5.89. The lowest BCUT2D eigenvalue weighted by molar-refractivity contribution is -0.0556. The number of nitrogens with zero attached hydrogens (tertiary/aromatic N) is 1. The molecule has 82 valence electrons. The molecule has 1 atom stereocenters. The molecule has 0 spiro atoms. The number of aromatic nitrogens is 1. The Bertz CT molecular complexity index is 540. The van der Waals surface area contributed by atoms with Crippen molar-refractivity contribution in [1.29, 1.82) is 0 Å². The van der Waals surface area contributed by atoms with Crippen LogP contribution in [0.1, 0.15) is 13.3 Å². The lowest BCUT2D eigenvalue weighted by Crippen LogP contribution is -2.32. The average Bonchev–Trinajstić information content (AvgIpc) is 2.74. The van der Waals surface area contributed by atoms with E-state index >= 15 is 0 Å². The van der Waals surface area contributed by atoms with Gasteiger partial charge in [-0.15, -0.1) is 0 Å². The van der Waals surface area contributed by atoms with Crippen LogP contribution < -0.4 is 0 Å². The fourth-order valence-electron chi connectivity index (χ4n) is 2.30. The first-order chi connectivity index (χ1) is 7.80. The van der Waals surface area contributed by atoms with Gasteiger partial charge in [0.2, 0.25) is 0 Å². The van der Waals surface area contributed by atoms with Crippen LogP contribution in [0.3, 0.4) is 0 Å². The van der Waals surface area contributed by atoms with Crippen LogP contribution in [0.25, 0.3) is 10.9 Å². The largest absolute Gasteiger partial charge is 0.352 e. The average molecular weight is 213 g/mol. The number of fused-ring (bicyclic) bond motifs is 1. The molecular formula is C14H15NO. The Hall–Kier alpha value is -1.54. The molecular weight excluding hydrogens is 198 g/mol. The van der Waals surface area contributed by atoms with Gasteiger partial charge in [0.1, 0.15) is 0 Å². The number of hydrogen-bond acceptors (Lipinski definition) is 1. The second-order valence-corrected chi connectivity index (χ2v) is 4.34. The molecule has 1 aliphatic rings. The van der Waals surface area contributed by atoms with Crippen molar-refractivity contribution in [1.82, 2.24) is 4.57 Å². The Morgan fingerprint density at radius 2 is 2.12 bits per heavy atom. The van der Waals surface area contributed by atoms with Crippen molar-refractivity contribution >= 4 is 10.9 Å². The minimum absolute atomic E-state index is 0.332. The number of hydrogen-bond donors (Lipinski definition) is 0. The van der Waals surface area contributed by atoms with Crippen LogP contribution in [0.5, 0.6) is 0 Å². The summed E-state index contributed by atoms with van der Waals surface area (Å²) in [4.78, 5) is 0. The second-order valence-electron chi connectivity index (χ2n) is 4.34. The number of para-hydroxylation sites is 1. The van der Waals surface area contributed by atoms with Crippen LogP contribution in [-0.4, -0.2) is 11.2 Å². The molecule has 3 rings (SSSR count). The van der Waals surface area contributed by atoms with E-state index in [1.807, 2.05) is 0 Å². The first kappa shape index (κ1) is 9.67. The summed E-state index contributed by atoms with van der Waals surface area (Å²) in [6.45, 7) is 2.90. The van der Waals surface area contributed by atoms with Crippen molar-refractivity contribution in [2.75, 3.05) is 6.61 Å². The molecule has 0 amide bonds. The molecule has 16 heavy (non-hydrogen) atoms. The summed E-state index contributed by atoms with van der Waals surface area (Å²) >= 11 is 0. The first-order valence-corrected chi connectivity index (χ1v) is 5.68. The molecule has 1 aromatic carbocycles. The molecule has 0 unspecified atom stereocenters. The Morgan fingerprint density at radius 3 is 2.94 bits per heavy atom. The molecule has 1 aromatic heterocycles. The molecule has 2 heteroatoms. The molecule has 0 aliphatic carbocycles. The normalized spacial score (nSPS) is 25.1. The van der Waals surface area contributed by atoms with Crippen molar-refractivity contribution in [3.8, 4) is 0 Å². The van der Waals surface area contributed by atoms with E-state index in [4.69, 9.17) is 4.74 Å². The van der Waals surface area contributed by atoms with Crippen LogP contribution in [0.4, 0.5) is 0 Å². The van der Waals surface area contributed by atoms with Gasteiger partial charge in [0.15, 0.2) is 5.72 Å². The molecule has 0 saturated carbocycles. The maximum Gasteiger partial charge on any atom is 0.161 e. The van der Waals surface area contributed by atoms with Gasteiger partial charge in [-0.1, -0.05) is 24.3 Å². The number of ether oxygens (including phenoxy) is 1. The third-order valence-electron chi connectivity index (χ3n) is 3.18. The standard InChI is InChI=1S/C14H15NO/c1-14(9-4-5-11-16-14)15-10-8-12-6-2-3-7-13(12)15/h2-4,6-10H,5,11H2,1H3/t14-/m0/s1. The van der Waals surface area contributed by atoms with E-state index in [0.717, 1.165) is 13.0 Å². The fraction of sp³-hybridized carbons (Fsp3) is 0.286. The summed E-state index contributed by atoms with van der Waals surface area (Å²) < 4.78 is 8.09. The monoisotopic (exact) mass is 213 g/mol. The van der Waals surface area contributed by atoms with Crippen LogP contribution in [0.15, 0.2) is 48.7 Å². The minimum atomic E-state index is -0.332. The Kier molecular flexibility index (Phi) is 2.11. The van der Waals surface area contributed by atoms with Crippen molar-refractivity contribution in [3.05, 3.63) is 48.7 Å². The topological polar surface area (TPSA) is 14.2 Å².